The summed E-state index contributed by atoms with van der Waals surface area (Å²) in [6.07, 6.45) is 1.92. The summed E-state index contributed by atoms with van der Waals surface area (Å²) in [4.78, 5) is 15.8. The third-order valence-corrected chi connectivity index (χ3v) is 5.66. The van der Waals surface area contributed by atoms with Gasteiger partial charge in [-0.3, -0.25) is 9.69 Å². The Bertz CT molecular complexity index is 754. The van der Waals surface area contributed by atoms with Crippen LogP contribution in [0.1, 0.15) is 28.8 Å². The molecule has 2 N–H and O–H groups in total. The molecule has 0 aromatic heterocycles. The average molecular weight is 389 g/mol. The molecule has 0 aliphatic carbocycles. The number of halogens is 1. The zero-order valence-electron chi connectivity index (χ0n) is 15.2. The van der Waals surface area contributed by atoms with Gasteiger partial charge < -0.3 is 10.4 Å². The molecular formula is C21H25FN2O2S. The van der Waals surface area contributed by atoms with Crippen molar-refractivity contribution in [2.24, 2.45) is 0 Å². The van der Waals surface area contributed by atoms with E-state index < -0.39 is 0 Å². The summed E-state index contributed by atoms with van der Waals surface area (Å²) in [5, 5.41) is 12.0. The number of rotatable bonds is 7. The van der Waals surface area contributed by atoms with Crippen molar-refractivity contribution < 1.29 is 14.3 Å². The van der Waals surface area contributed by atoms with Crippen molar-refractivity contribution in [1.82, 2.24) is 10.2 Å². The Morgan fingerprint density at radius 2 is 2.00 bits per heavy atom. The molecule has 27 heavy (non-hydrogen) atoms. The van der Waals surface area contributed by atoms with Crippen LogP contribution >= 0.6 is 11.8 Å². The standard InChI is InChI=1S/C21H25FN2O2S/c22-20-6-2-1-4-17(20)14-24-11-3-5-18(15-24)23-21(26)16-7-9-19(10-8-16)27-13-12-25/h1-2,4,6-10,18,25H,3,5,11-15H2,(H,23,26)/t18-/m0/s1. The fourth-order valence-corrected chi connectivity index (χ4v) is 3.97. The van der Waals surface area contributed by atoms with E-state index in [4.69, 9.17) is 5.11 Å². The minimum absolute atomic E-state index is 0.0708. The lowest BCUT2D eigenvalue weighted by Crippen LogP contribution is -2.47. The molecular weight excluding hydrogens is 363 g/mol. The summed E-state index contributed by atoms with van der Waals surface area (Å²) < 4.78 is 13.9. The molecule has 4 nitrogen and oxygen atoms in total. The van der Waals surface area contributed by atoms with Crippen molar-refractivity contribution in [3.05, 3.63) is 65.5 Å². The third kappa shape index (κ3) is 5.79. The Morgan fingerprint density at radius 3 is 2.74 bits per heavy atom. The van der Waals surface area contributed by atoms with E-state index in [0.29, 0.717) is 23.4 Å². The molecule has 1 fully saturated rings. The van der Waals surface area contributed by atoms with Crippen LogP contribution in [-0.4, -0.2) is 47.4 Å². The predicted octanol–water partition coefficient (Wildman–Crippen LogP) is 3.30. The molecule has 2 aromatic rings. The topological polar surface area (TPSA) is 52.6 Å². The van der Waals surface area contributed by atoms with Crippen LogP contribution in [0.15, 0.2) is 53.4 Å². The van der Waals surface area contributed by atoms with Gasteiger partial charge in [0.05, 0.1) is 6.61 Å². The van der Waals surface area contributed by atoms with Crippen LogP contribution in [0.4, 0.5) is 4.39 Å². The van der Waals surface area contributed by atoms with Gasteiger partial charge in [-0.1, -0.05) is 18.2 Å². The summed E-state index contributed by atoms with van der Waals surface area (Å²) in [5.41, 5.74) is 1.33. The van der Waals surface area contributed by atoms with E-state index in [0.717, 1.165) is 30.8 Å². The van der Waals surface area contributed by atoms with Gasteiger partial charge in [-0.25, -0.2) is 4.39 Å². The minimum atomic E-state index is -0.178. The molecule has 1 amide bonds. The maximum Gasteiger partial charge on any atom is 0.251 e. The fraction of sp³-hybridized carbons (Fsp3) is 0.381. The molecule has 0 radical (unpaired) electrons. The number of aliphatic hydroxyl groups excluding tert-OH is 1. The van der Waals surface area contributed by atoms with Crippen LogP contribution in [0.5, 0.6) is 0 Å². The molecule has 6 heteroatoms. The average Bonchev–Trinajstić information content (AvgIpc) is 2.69. The molecule has 0 bridgehead atoms. The summed E-state index contributed by atoms with van der Waals surface area (Å²) in [7, 11) is 0. The Labute approximate surface area is 163 Å². The molecule has 0 saturated carbocycles. The predicted molar refractivity (Wildman–Crippen MR) is 106 cm³/mol. The first-order valence-corrected chi connectivity index (χ1v) is 10.2. The van der Waals surface area contributed by atoms with Gasteiger partial charge in [0.1, 0.15) is 5.82 Å². The number of amides is 1. The number of hydrogen-bond acceptors (Lipinski definition) is 4. The third-order valence-electron chi connectivity index (χ3n) is 4.67. The Hall–Kier alpha value is -1.89. The van der Waals surface area contributed by atoms with Crippen LogP contribution in [0.25, 0.3) is 0 Å². The van der Waals surface area contributed by atoms with Crippen molar-refractivity contribution in [3.8, 4) is 0 Å². The fourth-order valence-electron chi connectivity index (χ4n) is 3.32. The van der Waals surface area contributed by atoms with Crippen LogP contribution in [0, 0.1) is 5.82 Å². The number of aliphatic hydroxyl groups is 1. The van der Waals surface area contributed by atoms with Crippen molar-refractivity contribution in [2.45, 2.75) is 30.3 Å². The van der Waals surface area contributed by atoms with Crippen LogP contribution < -0.4 is 5.32 Å². The Morgan fingerprint density at radius 1 is 1.22 bits per heavy atom. The van der Waals surface area contributed by atoms with Crippen molar-refractivity contribution in [2.75, 3.05) is 25.4 Å². The van der Waals surface area contributed by atoms with Crippen molar-refractivity contribution in [1.29, 1.82) is 0 Å². The van der Waals surface area contributed by atoms with E-state index in [1.165, 1.54) is 6.07 Å². The van der Waals surface area contributed by atoms with E-state index >= 15 is 0 Å². The lowest BCUT2D eigenvalue weighted by molar-refractivity contribution is 0.0900. The highest BCUT2D eigenvalue weighted by Crippen LogP contribution is 2.19. The number of hydrogen-bond donors (Lipinski definition) is 2. The number of carbonyl (C=O) groups excluding carboxylic acids is 1. The number of likely N-dealkylation sites (tertiary alicyclic amines) is 1. The van der Waals surface area contributed by atoms with Gasteiger partial charge in [-0.15, -0.1) is 11.8 Å². The molecule has 0 spiro atoms. The van der Waals surface area contributed by atoms with E-state index in [-0.39, 0.29) is 24.4 Å². The maximum atomic E-state index is 13.9. The molecule has 2 aromatic carbocycles. The highest BCUT2D eigenvalue weighted by Gasteiger charge is 2.22. The van der Waals surface area contributed by atoms with Gasteiger partial charge >= 0.3 is 0 Å². The summed E-state index contributed by atoms with van der Waals surface area (Å²) in [6, 6.07) is 14.4. The molecule has 1 atom stereocenters. The largest absolute Gasteiger partial charge is 0.396 e. The number of benzene rings is 2. The Kier molecular flexibility index (Phi) is 7.26. The van der Waals surface area contributed by atoms with E-state index in [1.807, 2.05) is 36.4 Å². The molecule has 1 heterocycles. The first-order valence-electron chi connectivity index (χ1n) is 9.26. The maximum absolute atomic E-state index is 13.9. The van der Waals surface area contributed by atoms with Crippen molar-refractivity contribution >= 4 is 17.7 Å². The monoisotopic (exact) mass is 388 g/mol. The zero-order chi connectivity index (χ0) is 19.1. The van der Waals surface area contributed by atoms with Gasteiger partial charge in [0.25, 0.3) is 5.91 Å². The van der Waals surface area contributed by atoms with Gasteiger partial charge in [0, 0.05) is 40.9 Å². The highest BCUT2D eigenvalue weighted by molar-refractivity contribution is 7.99. The first kappa shape index (κ1) is 19.9. The second kappa shape index (κ2) is 9.88. The number of nitrogens with zero attached hydrogens (tertiary/aromatic N) is 1. The van der Waals surface area contributed by atoms with Crippen LogP contribution in [0.3, 0.4) is 0 Å². The highest BCUT2D eigenvalue weighted by atomic mass is 32.2. The van der Waals surface area contributed by atoms with Crippen LogP contribution in [0.2, 0.25) is 0 Å². The minimum Gasteiger partial charge on any atom is -0.396 e. The van der Waals surface area contributed by atoms with Crippen molar-refractivity contribution in [3.63, 3.8) is 0 Å². The van der Waals surface area contributed by atoms with Gasteiger partial charge in [0.2, 0.25) is 0 Å². The molecule has 144 valence electrons. The molecule has 1 saturated heterocycles. The summed E-state index contributed by atoms with van der Waals surface area (Å²) in [5.74, 6) is 0.389. The van der Waals surface area contributed by atoms with E-state index in [9.17, 15) is 9.18 Å². The molecule has 3 rings (SSSR count). The van der Waals surface area contributed by atoms with Gasteiger partial charge in [-0.05, 0) is 49.7 Å². The molecule has 1 aliphatic heterocycles. The number of piperidine rings is 1. The molecule has 1 aliphatic rings. The SMILES string of the molecule is O=C(N[C@H]1CCCN(Cc2ccccc2F)C1)c1ccc(SCCO)cc1. The lowest BCUT2D eigenvalue weighted by atomic mass is 10.0. The lowest BCUT2D eigenvalue weighted by Gasteiger charge is -2.33. The quantitative estimate of drug-likeness (QED) is 0.715. The smallest absolute Gasteiger partial charge is 0.251 e. The van der Waals surface area contributed by atoms with Crippen LogP contribution in [-0.2, 0) is 6.54 Å². The number of thioether (sulfide) groups is 1. The second-order valence-electron chi connectivity index (χ2n) is 6.74. The number of carbonyl (C=O) groups is 1. The Balaban J connectivity index is 1.54. The second-order valence-corrected chi connectivity index (χ2v) is 7.90. The van der Waals surface area contributed by atoms with E-state index in [1.54, 1.807) is 17.8 Å². The first-order chi connectivity index (χ1) is 13.2. The summed E-state index contributed by atoms with van der Waals surface area (Å²) in [6.45, 7) is 2.34. The van der Waals surface area contributed by atoms with Gasteiger partial charge in [0.15, 0.2) is 0 Å². The molecule has 0 unspecified atom stereocenters. The van der Waals surface area contributed by atoms with Gasteiger partial charge in [-0.2, -0.15) is 0 Å². The zero-order valence-corrected chi connectivity index (χ0v) is 16.1. The van der Waals surface area contributed by atoms with E-state index in [2.05, 4.69) is 10.2 Å². The number of nitrogens with one attached hydrogen (secondary N) is 1. The summed E-state index contributed by atoms with van der Waals surface area (Å²) >= 11 is 1.56. The normalized spacial score (nSPS) is 17.6.